The molecule has 18 heavy (non-hydrogen) atoms. The molecule has 0 saturated heterocycles. The van der Waals surface area contributed by atoms with E-state index in [1.807, 2.05) is 0 Å². The maximum absolute atomic E-state index is 13.7. The number of hydrogen-bond donors (Lipinski definition) is 1. The molecular weight excluding hydrogens is 236 g/mol. The first-order valence-electron chi connectivity index (χ1n) is 6.29. The van der Waals surface area contributed by atoms with Crippen molar-refractivity contribution in [2.24, 2.45) is 11.1 Å². The molecule has 4 heteroatoms. The standard InChI is InChI=1S/C14H17F2NO/c15-10-4-5-11(12(16)8-10)13(18)14(9-17)6-2-1-3-7-14/h4-5,8H,1-3,6-7,9,17H2. The average Bonchev–Trinajstić information content (AvgIpc) is 2.39. The van der Waals surface area contributed by atoms with Gasteiger partial charge in [-0.05, 0) is 25.0 Å². The third kappa shape index (κ3) is 2.29. The summed E-state index contributed by atoms with van der Waals surface area (Å²) in [5, 5.41) is 0. The van der Waals surface area contributed by atoms with Gasteiger partial charge in [-0.25, -0.2) is 8.78 Å². The molecule has 1 fully saturated rings. The zero-order valence-corrected chi connectivity index (χ0v) is 10.2. The summed E-state index contributed by atoms with van der Waals surface area (Å²) < 4.78 is 26.5. The second-order valence-electron chi connectivity index (χ2n) is 5.00. The van der Waals surface area contributed by atoms with E-state index in [1.54, 1.807) is 0 Å². The molecule has 0 unspecified atom stereocenters. The molecule has 1 aliphatic carbocycles. The molecular formula is C14H17F2NO. The van der Waals surface area contributed by atoms with Gasteiger partial charge in [0.25, 0.3) is 0 Å². The van der Waals surface area contributed by atoms with Gasteiger partial charge >= 0.3 is 0 Å². The summed E-state index contributed by atoms with van der Waals surface area (Å²) in [6.07, 6.45) is 4.34. The summed E-state index contributed by atoms with van der Waals surface area (Å²) in [7, 11) is 0. The zero-order chi connectivity index (χ0) is 13.2. The van der Waals surface area contributed by atoms with Crippen LogP contribution >= 0.6 is 0 Å². The normalized spacial score (nSPS) is 18.6. The fourth-order valence-corrected chi connectivity index (χ4v) is 2.71. The van der Waals surface area contributed by atoms with Gasteiger partial charge in [-0.3, -0.25) is 4.79 Å². The SMILES string of the molecule is NCC1(C(=O)c2ccc(F)cc2F)CCCCC1. The predicted octanol–water partition coefficient (Wildman–Crippen LogP) is 3.06. The highest BCUT2D eigenvalue weighted by atomic mass is 19.1. The molecule has 0 atom stereocenters. The van der Waals surface area contributed by atoms with Gasteiger partial charge in [0.1, 0.15) is 11.6 Å². The monoisotopic (exact) mass is 253 g/mol. The zero-order valence-electron chi connectivity index (χ0n) is 10.2. The van der Waals surface area contributed by atoms with E-state index in [1.165, 1.54) is 6.07 Å². The Bertz CT molecular complexity index is 453. The van der Waals surface area contributed by atoms with Crippen LogP contribution in [-0.4, -0.2) is 12.3 Å². The molecule has 0 amide bonds. The van der Waals surface area contributed by atoms with Crippen molar-refractivity contribution < 1.29 is 13.6 Å². The van der Waals surface area contributed by atoms with Crippen molar-refractivity contribution in [3.63, 3.8) is 0 Å². The summed E-state index contributed by atoms with van der Waals surface area (Å²) in [6.45, 7) is 0.225. The molecule has 1 aromatic rings. The van der Waals surface area contributed by atoms with Gasteiger partial charge < -0.3 is 5.73 Å². The van der Waals surface area contributed by atoms with Gasteiger partial charge in [0.2, 0.25) is 0 Å². The average molecular weight is 253 g/mol. The Kier molecular flexibility index (Phi) is 3.76. The number of nitrogens with two attached hydrogens (primary N) is 1. The number of carbonyl (C=O) groups is 1. The van der Waals surface area contributed by atoms with Crippen LogP contribution in [0, 0.1) is 17.0 Å². The Hall–Kier alpha value is -1.29. The van der Waals surface area contributed by atoms with E-state index < -0.39 is 17.0 Å². The van der Waals surface area contributed by atoms with E-state index in [-0.39, 0.29) is 17.9 Å². The fourth-order valence-electron chi connectivity index (χ4n) is 2.71. The van der Waals surface area contributed by atoms with E-state index in [4.69, 9.17) is 5.73 Å². The van der Waals surface area contributed by atoms with Crippen molar-refractivity contribution in [3.8, 4) is 0 Å². The summed E-state index contributed by atoms with van der Waals surface area (Å²) in [4.78, 5) is 12.4. The van der Waals surface area contributed by atoms with Gasteiger partial charge in [-0.15, -0.1) is 0 Å². The molecule has 1 aromatic carbocycles. The minimum atomic E-state index is -0.793. The number of rotatable bonds is 3. The van der Waals surface area contributed by atoms with Crippen molar-refractivity contribution in [2.75, 3.05) is 6.54 Å². The lowest BCUT2D eigenvalue weighted by atomic mass is 9.69. The van der Waals surface area contributed by atoms with Crippen molar-refractivity contribution in [1.29, 1.82) is 0 Å². The Morgan fingerprint density at radius 1 is 1.22 bits per heavy atom. The second-order valence-corrected chi connectivity index (χ2v) is 5.00. The van der Waals surface area contributed by atoms with E-state index in [0.29, 0.717) is 12.8 Å². The molecule has 0 aliphatic heterocycles. The summed E-state index contributed by atoms with van der Waals surface area (Å²) in [5.41, 5.74) is 5.05. The molecule has 1 saturated carbocycles. The number of ketones is 1. The van der Waals surface area contributed by atoms with Crippen LogP contribution in [0.5, 0.6) is 0 Å². The lowest BCUT2D eigenvalue weighted by Gasteiger charge is -2.34. The molecule has 1 aliphatic rings. The largest absolute Gasteiger partial charge is 0.329 e. The predicted molar refractivity (Wildman–Crippen MR) is 65.3 cm³/mol. The lowest BCUT2D eigenvalue weighted by molar-refractivity contribution is 0.0725. The van der Waals surface area contributed by atoms with Crippen molar-refractivity contribution >= 4 is 5.78 Å². The van der Waals surface area contributed by atoms with Crippen LogP contribution < -0.4 is 5.73 Å². The maximum Gasteiger partial charge on any atom is 0.173 e. The quantitative estimate of drug-likeness (QED) is 0.841. The lowest BCUT2D eigenvalue weighted by Crippen LogP contribution is -2.40. The van der Waals surface area contributed by atoms with Crippen LogP contribution in [0.4, 0.5) is 8.78 Å². The van der Waals surface area contributed by atoms with Crippen molar-refractivity contribution in [1.82, 2.24) is 0 Å². The molecule has 2 N–H and O–H groups in total. The molecule has 98 valence electrons. The molecule has 0 radical (unpaired) electrons. The van der Waals surface area contributed by atoms with Crippen LogP contribution in [0.15, 0.2) is 18.2 Å². The van der Waals surface area contributed by atoms with Gasteiger partial charge in [0, 0.05) is 18.0 Å². The minimum absolute atomic E-state index is 0.0382. The topological polar surface area (TPSA) is 43.1 Å². The van der Waals surface area contributed by atoms with Crippen LogP contribution in [0.25, 0.3) is 0 Å². The van der Waals surface area contributed by atoms with Crippen molar-refractivity contribution in [2.45, 2.75) is 32.1 Å². The smallest absolute Gasteiger partial charge is 0.173 e. The highest BCUT2D eigenvalue weighted by Gasteiger charge is 2.39. The first-order chi connectivity index (χ1) is 8.59. The van der Waals surface area contributed by atoms with E-state index in [2.05, 4.69) is 0 Å². The van der Waals surface area contributed by atoms with Crippen LogP contribution in [0.2, 0.25) is 0 Å². The molecule has 0 aromatic heterocycles. The fraction of sp³-hybridized carbons (Fsp3) is 0.500. The van der Waals surface area contributed by atoms with Crippen LogP contribution in [-0.2, 0) is 0 Å². The molecule has 0 spiro atoms. The first-order valence-corrected chi connectivity index (χ1v) is 6.29. The van der Waals surface area contributed by atoms with Gasteiger partial charge in [-0.1, -0.05) is 19.3 Å². The summed E-state index contributed by atoms with van der Waals surface area (Å²) in [6, 6.07) is 3.09. The Morgan fingerprint density at radius 2 is 1.89 bits per heavy atom. The van der Waals surface area contributed by atoms with Crippen LogP contribution in [0.3, 0.4) is 0 Å². The maximum atomic E-state index is 13.7. The highest BCUT2D eigenvalue weighted by Crippen LogP contribution is 2.38. The summed E-state index contributed by atoms with van der Waals surface area (Å²) >= 11 is 0. The van der Waals surface area contributed by atoms with Crippen LogP contribution in [0.1, 0.15) is 42.5 Å². The Labute approximate surface area is 105 Å². The van der Waals surface area contributed by atoms with Gasteiger partial charge in [0.15, 0.2) is 5.78 Å². The second kappa shape index (κ2) is 5.14. The third-order valence-electron chi connectivity index (χ3n) is 3.86. The first kappa shape index (κ1) is 13.1. The van der Waals surface area contributed by atoms with Gasteiger partial charge in [-0.2, -0.15) is 0 Å². The molecule has 2 rings (SSSR count). The van der Waals surface area contributed by atoms with E-state index in [9.17, 15) is 13.6 Å². The van der Waals surface area contributed by atoms with Gasteiger partial charge in [0.05, 0.1) is 5.56 Å². The van der Waals surface area contributed by atoms with E-state index in [0.717, 1.165) is 31.4 Å². The number of carbonyl (C=O) groups excluding carboxylic acids is 1. The molecule has 0 heterocycles. The Morgan fingerprint density at radius 3 is 2.44 bits per heavy atom. The number of halogens is 2. The highest BCUT2D eigenvalue weighted by molar-refractivity contribution is 6.01. The summed E-state index contributed by atoms with van der Waals surface area (Å²) in [5.74, 6) is -1.74. The number of Topliss-reactive ketones (excluding diaryl/α,β-unsaturated/α-hetero) is 1. The minimum Gasteiger partial charge on any atom is -0.329 e. The molecule has 2 nitrogen and oxygen atoms in total. The van der Waals surface area contributed by atoms with Crippen molar-refractivity contribution in [3.05, 3.63) is 35.4 Å². The number of benzene rings is 1. The Balaban J connectivity index is 2.33. The third-order valence-corrected chi connectivity index (χ3v) is 3.86. The number of hydrogen-bond acceptors (Lipinski definition) is 2. The van der Waals surface area contributed by atoms with E-state index >= 15 is 0 Å². The molecule has 0 bridgehead atoms.